The Morgan fingerprint density at radius 1 is 1.50 bits per heavy atom. The van der Waals surface area contributed by atoms with Crippen LogP contribution in [0.5, 0.6) is 0 Å². The van der Waals surface area contributed by atoms with Gasteiger partial charge in [-0.05, 0) is 18.2 Å². The number of nitriles is 1. The summed E-state index contributed by atoms with van der Waals surface area (Å²) in [5, 5.41) is 17.7. The van der Waals surface area contributed by atoms with Crippen molar-refractivity contribution in [3.8, 4) is 6.07 Å². The molecule has 0 aliphatic rings. The smallest absolute Gasteiger partial charge is 0.147 e. The van der Waals surface area contributed by atoms with E-state index >= 15 is 0 Å². The molecule has 2 rings (SSSR count). The zero-order valence-electron chi connectivity index (χ0n) is 8.24. The van der Waals surface area contributed by atoms with E-state index in [-0.39, 0.29) is 0 Å². The number of hydrogen-bond donors (Lipinski definition) is 2. The summed E-state index contributed by atoms with van der Waals surface area (Å²) in [6, 6.07) is 6.12. The molecule has 0 saturated heterocycles. The van der Waals surface area contributed by atoms with E-state index in [1.807, 2.05) is 6.07 Å². The first-order valence-electron chi connectivity index (χ1n) is 4.57. The first-order chi connectivity index (χ1) is 7.79. The molecule has 0 fully saturated rings. The van der Waals surface area contributed by atoms with Crippen molar-refractivity contribution in [3.63, 3.8) is 0 Å². The van der Waals surface area contributed by atoms with Crippen LogP contribution in [0.1, 0.15) is 11.4 Å². The van der Waals surface area contributed by atoms with Crippen LogP contribution in [0.25, 0.3) is 0 Å². The SMILES string of the molecule is N#Cc1ccc(NCc2ncn[nH]2)c(F)c1. The second kappa shape index (κ2) is 4.40. The molecule has 0 aliphatic heterocycles. The number of benzene rings is 1. The molecule has 16 heavy (non-hydrogen) atoms. The maximum Gasteiger partial charge on any atom is 0.147 e. The molecule has 0 saturated carbocycles. The van der Waals surface area contributed by atoms with Gasteiger partial charge in [-0.3, -0.25) is 5.10 Å². The fourth-order valence-electron chi connectivity index (χ4n) is 1.22. The molecule has 80 valence electrons. The van der Waals surface area contributed by atoms with Crippen molar-refractivity contribution < 1.29 is 4.39 Å². The van der Waals surface area contributed by atoms with Gasteiger partial charge < -0.3 is 5.32 Å². The largest absolute Gasteiger partial charge is 0.375 e. The summed E-state index contributed by atoms with van der Waals surface area (Å²) >= 11 is 0. The molecule has 5 nitrogen and oxygen atoms in total. The third kappa shape index (κ3) is 2.15. The number of aromatic amines is 1. The van der Waals surface area contributed by atoms with Crippen LogP contribution in [-0.4, -0.2) is 15.2 Å². The van der Waals surface area contributed by atoms with Crippen molar-refractivity contribution in [2.24, 2.45) is 0 Å². The Labute approximate surface area is 90.9 Å². The van der Waals surface area contributed by atoms with E-state index in [1.165, 1.54) is 18.5 Å². The highest BCUT2D eigenvalue weighted by atomic mass is 19.1. The molecule has 1 aromatic heterocycles. The van der Waals surface area contributed by atoms with E-state index in [0.717, 1.165) is 0 Å². The Bertz CT molecular complexity index is 515. The van der Waals surface area contributed by atoms with Gasteiger partial charge in [0.1, 0.15) is 18.0 Å². The summed E-state index contributed by atoms with van der Waals surface area (Å²) in [4.78, 5) is 3.89. The van der Waals surface area contributed by atoms with Gasteiger partial charge in [-0.1, -0.05) is 0 Å². The molecule has 2 N–H and O–H groups in total. The first kappa shape index (κ1) is 10.1. The molecule has 0 aliphatic carbocycles. The van der Waals surface area contributed by atoms with E-state index in [9.17, 15) is 4.39 Å². The topological polar surface area (TPSA) is 77.4 Å². The number of nitrogens with zero attached hydrogens (tertiary/aromatic N) is 3. The van der Waals surface area contributed by atoms with Crippen LogP contribution in [-0.2, 0) is 6.54 Å². The third-order valence-corrected chi connectivity index (χ3v) is 2.01. The van der Waals surface area contributed by atoms with Crippen molar-refractivity contribution in [2.75, 3.05) is 5.32 Å². The maximum atomic E-state index is 13.4. The van der Waals surface area contributed by atoms with Crippen LogP contribution in [0, 0.1) is 17.1 Å². The monoisotopic (exact) mass is 217 g/mol. The summed E-state index contributed by atoms with van der Waals surface area (Å²) in [5.74, 6) is 0.155. The zero-order valence-corrected chi connectivity index (χ0v) is 8.24. The molecule has 1 heterocycles. The van der Waals surface area contributed by atoms with Gasteiger partial charge in [-0.15, -0.1) is 0 Å². The minimum atomic E-state index is -0.460. The van der Waals surface area contributed by atoms with Gasteiger partial charge >= 0.3 is 0 Å². The van der Waals surface area contributed by atoms with E-state index in [1.54, 1.807) is 6.07 Å². The molecule has 0 unspecified atom stereocenters. The van der Waals surface area contributed by atoms with Crippen LogP contribution in [0.2, 0.25) is 0 Å². The lowest BCUT2D eigenvalue weighted by Crippen LogP contribution is -2.03. The van der Waals surface area contributed by atoms with Gasteiger partial charge in [0.2, 0.25) is 0 Å². The maximum absolute atomic E-state index is 13.4. The number of hydrogen-bond acceptors (Lipinski definition) is 4. The summed E-state index contributed by atoms with van der Waals surface area (Å²) in [7, 11) is 0. The fourth-order valence-corrected chi connectivity index (χ4v) is 1.22. The molecule has 0 atom stereocenters. The number of rotatable bonds is 3. The molecule has 0 radical (unpaired) electrons. The lowest BCUT2D eigenvalue weighted by molar-refractivity contribution is 0.629. The van der Waals surface area contributed by atoms with Gasteiger partial charge in [0.15, 0.2) is 0 Å². The van der Waals surface area contributed by atoms with Crippen molar-refractivity contribution in [1.82, 2.24) is 15.2 Å². The highest BCUT2D eigenvalue weighted by Crippen LogP contribution is 2.15. The Hall–Kier alpha value is -2.42. The second-order valence-electron chi connectivity index (χ2n) is 3.09. The van der Waals surface area contributed by atoms with Gasteiger partial charge in [-0.2, -0.15) is 10.4 Å². The van der Waals surface area contributed by atoms with E-state index in [4.69, 9.17) is 5.26 Å². The summed E-state index contributed by atoms with van der Waals surface area (Å²) < 4.78 is 13.4. The van der Waals surface area contributed by atoms with E-state index < -0.39 is 5.82 Å². The normalized spacial score (nSPS) is 9.75. The number of halogens is 1. The quantitative estimate of drug-likeness (QED) is 0.815. The van der Waals surface area contributed by atoms with Crippen LogP contribution < -0.4 is 5.32 Å². The minimum Gasteiger partial charge on any atom is -0.375 e. The molecule has 0 bridgehead atoms. The summed E-state index contributed by atoms with van der Waals surface area (Å²) in [5.41, 5.74) is 0.623. The molecule has 6 heteroatoms. The van der Waals surface area contributed by atoms with Gasteiger partial charge in [-0.25, -0.2) is 9.37 Å². The predicted octanol–water partition coefficient (Wildman–Crippen LogP) is 1.43. The van der Waals surface area contributed by atoms with Crippen LogP contribution in [0.15, 0.2) is 24.5 Å². The second-order valence-corrected chi connectivity index (χ2v) is 3.09. The number of nitrogens with one attached hydrogen (secondary N) is 2. The zero-order chi connectivity index (χ0) is 11.4. The van der Waals surface area contributed by atoms with Gasteiger partial charge in [0.05, 0.1) is 23.9 Å². The van der Waals surface area contributed by atoms with E-state index in [0.29, 0.717) is 23.6 Å². The highest BCUT2D eigenvalue weighted by Gasteiger charge is 2.03. The predicted molar refractivity (Wildman–Crippen MR) is 54.8 cm³/mol. The average Bonchev–Trinajstić information content (AvgIpc) is 2.80. The Morgan fingerprint density at radius 2 is 2.38 bits per heavy atom. The number of aromatic nitrogens is 3. The van der Waals surface area contributed by atoms with Crippen molar-refractivity contribution >= 4 is 5.69 Å². The van der Waals surface area contributed by atoms with Gasteiger partial charge in [0, 0.05) is 0 Å². The first-order valence-corrected chi connectivity index (χ1v) is 4.57. The summed E-state index contributed by atoms with van der Waals surface area (Å²) in [6.45, 7) is 0.350. The molecule has 2 aromatic rings. The Kier molecular flexibility index (Phi) is 2.78. The van der Waals surface area contributed by atoms with Crippen LogP contribution >= 0.6 is 0 Å². The number of H-pyrrole nitrogens is 1. The Balaban J connectivity index is 2.08. The van der Waals surface area contributed by atoms with Gasteiger partial charge in [0.25, 0.3) is 0 Å². The molecular formula is C10H8FN5. The van der Waals surface area contributed by atoms with Crippen molar-refractivity contribution in [1.29, 1.82) is 5.26 Å². The molecule has 0 spiro atoms. The molecular weight excluding hydrogens is 209 g/mol. The lowest BCUT2D eigenvalue weighted by atomic mass is 10.2. The van der Waals surface area contributed by atoms with E-state index in [2.05, 4.69) is 20.5 Å². The minimum absolute atomic E-state index is 0.294. The molecule has 1 aromatic carbocycles. The van der Waals surface area contributed by atoms with Crippen LogP contribution in [0.4, 0.5) is 10.1 Å². The third-order valence-electron chi connectivity index (χ3n) is 2.01. The van der Waals surface area contributed by atoms with Crippen molar-refractivity contribution in [2.45, 2.75) is 6.54 Å². The number of anilines is 1. The standard InChI is InChI=1S/C10H8FN5/c11-8-3-7(4-12)1-2-9(8)13-5-10-14-6-15-16-10/h1-3,6,13H,5H2,(H,14,15,16). The molecule has 0 amide bonds. The highest BCUT2D eigenvalue weighted by molar-refractivity contribution is 5.48. The van der Waals surface area contributed by atoms with Crippen molar-refractivity contribution in [3.05, 3.63) is 41.7 Å². The lowest BCUT2D eigenvalue weighted by Gasteiger charge is -2.05. The average molecular weight is 217 g/mol. The summed E-state index contributed by atoms with van der Waals surface area (Å²) in [6.07, 6.45) is 1.38. The van der Waals surface area contributed by atoms with Crippen LogP contribution in [0.3, 0.4) is 0 Å². The Morgan fingerprint density at radius 3 is 3.00 bits per heavy atom. The fraction of sp³-hybridized carbons (Fsp3) is 0.100.